The Morgan fingerprint density at radius 1 is 1.21 bits per heavy atom. The van der Waals surface area contributed by atoms with Gasteiger partial charge in [0.1, 0.15) is 10.8 Å². The molecule has 19 heavy (non-hydrogen) atoms. The lowest BCUT2D eigenvalue weighted by Crippen LogP contribution is -1.92. The van der Waals surface area contributed by atoms with Crippen LogP contribution in [0.15, 0.2) is 35.4 Å². The van der Waals surface area contributed by atoms with Gasteiger partial charge in [0, 0.05) is 21.1 Å². The summed E-state index contributed by atoms with van der Waals surface area (Å²) in [5.74, 6) is 1.55. The van der Waals surface area contributed by atoms with E-state index in [0.717, 1.165) is 22.0 Å². The molecule has 2 aromatic heterocycles. The molecule has 0 saturated carbocycles. The summed E-state index contributed by atoms with van der Waals surface area (Å²) in [4.78, 5) is 7.36. The third kappa shape index (κ3) is 1.67. The van der Waals surface area contributed by atoms with Crippen LogP contribution in [0.2, 0.25) is 0 Å². The minimum atomic E-state index is 0.576. The molecule has 1 aliphatic heterocycles. The normalized spacial score (nSPS) is 13.1. The topological polar surface area (TPSA) is 67.6 Å². The van der Waals surface area contributed by atoms with Crippen LogP contribution in [0.25, 0.3) is 21.8 Å². The molecule has 0 aliphatic carbocycles. The molecule has 3 heterocycles. The van der Waals surface area contributed by atoms with E-state index in [-0.39, 0.29) is 0 Å². The van der Waals surface area contributed by atoms with E-state index in [4.69, 9.17) is 10.7 Å². The molecule has 0 saturated heterocycles. The molecule has 94 valence electrons. The Bertz CT molecular complexity index is 760. The second-order valence-corrected chi connectivity index (χ2v) is 6.37. The van der Waals surface area contributed by atoms with Crippen LogP contribution < -0.4 is 5.73 Å². The number of H-pyrrole nitrogens is 1. The van der Waals surface area contributed by atoms with Crippen molar-refractivity contribution in [2.24, 2.45) is 0 Å². The molecule has 4 rings (SSSR count). The summed E-state index contributed by atoms with van der Waals surface area (Å²) in [6.45, 7) is 0. The number of thiazole rings is 1. The van der Waals surface area contributed by atoms with Crippen molar-refractivity contribution in [3.63, 3.8) is 0 Å². The smallest absolute Gasteiger partial charge is 0.129 e. The summed E-state index contributed by atoms with van der Waals surface area (Å²) in [5.41, 5.74) is 9.07. The third-order valence-electron chi connectivity index (χ3n) is 3.10. The molecule has 0 bridgehead atoms. The van der Waals surface area contributed by atoms with Crippen LogP contribution >= 0.6 is 23.1 Å². The van der Waals surface area contributed by atoms with Crippen molar-refractivity contribution < 1.29 is 0 Å². The lowest BCUT2D eigenvalue weighted by atomic mass is 10.1. The maximum absolute atomic E-state index is 5.87. The minimum absolute atomic E-state index is 0.576. The summed E-state index contributed by atoms with van der Waals surface area (Å²) < 4.78 is 0. The molecule has 0 fully saturated rings. The van der Waals surface area contributed by atoms with Crippen molar-refractivity contribution in [3.05, 3.63) is 35.3 Å². The predicted octanol–water partition coefficient (Wildman–Crippen LogP) is 3.39. The van der Waals surface area contributed by atoms with E-state index in [1.807, 2.05) is 11.8 Å². The monoisotopic (exact) mass is 286 g/mol. The quantitative estimate of drug-likeness (QED) is 0.719. The van der Waals surface area contributed by atoms with Crippen LogP contribution in [0.5, 0.6) is 0 Å². The molecule has 3 N–H and O–H groups in total. The Balaban J connectivity index is 1.90. The van der Waals surface area contributed by atoms with E-state index in [1.165, 1.54) is 15.3 Å². The fraction of sp³-hybridized carbons (Fsp3) is 0.0769. The van der Waals surface area contributed by atoms with Crippen molar-refractivity contribution in [1.82, 2.24) is 15.2 Å². The summed E-state index contributed by atoms with van der Waals surface area (Å²) in [7, 11) is 0. The Morgan fingerprint density at radius 3 is 2.95 bits per heavy atom. The summed E-state index contributed by atoms with van der Waals surface area (Å²) in [6.07, 6.45) is 1.73. The Morgan fingerprint density at radius 2 is 2.11 bits per heavy atom. The summed E-state index contributed by atoms with van der Waals surface area (Å²) in [6, 6.07) is 8.40. The van der Waals surface area contributed by atoms with Crippen LogP contribution in [0.4, 0.5) is 5.82 Å². The fourth-order valence-electron chi connectivity index (χ4n) is 2.17. The molecule has 0 radical (unpaired) electrons. The highest BCUT2D eigenvalue weighted by Gasteiger charge is 2.22. The molecule has 6 heteroatoms. The van der Waals surface area contributed by atoms with E-state index in [1.54, 1.807) is 17.5 Å². The van der Waals surface area contributed by atoms with Crippen molar-refractivity contribution >= 4 is 28.9 Å². The van der Waals surface area contributed by atoms with Gasteiger partial charge in [0.2, 0.25) is 0 Å². The SMILES string of the molecule is Nc1[nH]ncc1-c1nc2c(s1)CSc1ccccc1-2. The number of rotatable bonds is 1. The number of thioether (sulfide) groups is 1. The van der Waals surface area contributed by atoms with Crippen molar-refractivity contribution in [3.8, 4) is 21.8 Å². The number of hydrogen-bond acceptors (Lipinski definition) is 5. The van der Waals surface area contributed by atoms with Crippen molar-refractivity contribution in [2.45, 2.75) is 10.6 Å². The number of aromatic nitrogens is 3. The molecular formula is C13H10N4S2. The van der Waals surface area contributed by atoms with E-state index in [9.17, 15) is 0 Å². The average Bonchev–Trinajstić information content (AvgIpc) is 3.04. The van der Waals surface area contributed by atoms with Gasteiger partial charge in [-0.2, -0.15) is 5.10 Å². The number of nitrogens with two attached hydrogens (primary N) is 1. The second kappa shape index (κ2) is 4.11. The molecular weight excluding hydrogens is 276 g/mol. The maximum atomic E-state index is 5.87. The van der Waals surface area contributed by atoms with Crippen molar-refractivity contribution in [1.29, 1.82) is 0 Å². The number of nitrogen functional groups attached to an aromatic ring is 1. The molecule has 0 atom stereocenters. The van der Waals surface area contributed by atoms with Crippen LogP contribution in [0, 0.1) is 0 Å². The maximum Gasteiger partial charge on any atom is 0.129 e. The molecule has 1 aliphatic rings. The van der Waals surface area contributed by atoms with Crippen LogP contribution in [-0.2, 0) is 5.75 Å². The first kappa shape index (κ1) is 11.1. The Labute approximate surface area is 118 Å². The lowest BCUT2D eigenvalue weighted by molar-refractivity contribution is 1.10. The van der Waals surface area contributed by atoms with E-state index >= 15 is 0 Å². The molecule has 0 spiro atoms. The number of benzene rings is 1. The van der Waals surface area contributed by atoms with Gasteiger partial charge in [0.25, 0.3) is 0 Å². The zero-order valence-corrected chi connectivity index (χ0v) is 11.5. The van der Waals surface area contributed by atoms with E-state index in [0.29, 0.717) is 5.82 Å². The molecule has 0 amide bonds. The largest absolute Gasteiger partial charge is 0.383 e. The van der Waals surface area contributed by atoms with Gasteiger partial charge in [-0.25, -0.2) is 4.98 Å². The van der Waals surface area contributed by atoms with Gasteiger partial charge in [-0.3, -0.25) is 5.10 Å². The minimum Gasteiger partial charge on any atom is -0.383 e. The number of fused-ring (bicyclic) bond motifs is 3. The average molecular weight is 286 g/mol. The summed E-state index contributed by atoms with van der Waals surface area (Å²) >= 11 is 3.56. The molecule has 4 nitrogen and oxygen atoms in total. The first-order valence-electron chi connectivity index (χ1n) is 5.84. The standard InChI is InChI=1S/C13H10N4S2/c14-12-8(5-15-17-12)13-16-11-7-3-1-2-4-9(7)18-6-10(11)19-13/h1-5H,6H2,(H3,14,15,17). The number of aromatic amines is 1. The highest BCUT2D eigenvalue weighted by Crippen LogP contribution is 2.45. The van der Waals surface area contributed by atoms with Crippen LogP contribution in [0.1, 0.15) is 4.88 Å². The van der Waals surface area contributed by atoms with Crippen LogP contribution in [-0.4, -0.2) is 15.2 Å². The fourth-order valence-corrected chi connectivity index (χ4v) is 4.40. The lowest BCUT2D eigenvalue weighted by Gasteiger charge is -2.13. The molecule has 1 aromatic carbocycles. The molecule has 0 unspecified atom stereocenters. The predicted molar refractivity (Wildman–Crippen MR) is 79.1 cm³/mol. The number of anilines is 1. The molecule has 3 aromatic rings. The van der Waals surface area contributed by atoms with Gasteiger partial charge in [-0.05, 0) is 6.07 Å². The highest BCUT2D eigenvalue weighted by atomic mass is 32.2. The first-order chi connectivity index (χ1) is 9.33. The Kier molecular flexibility index (Phi) is 2.39. The van der Waals surface area contributed by atoms with Gasteiger partial charge in [0.15, 0.2) is 0 Å². The van der Waals surface area contributed by atoms with Gasteiger partial charge < -0.3 is 5.73 Å². The number of hydrogen-bond donors (Lipinski definition) is 2. The zero-order chi connectivity index (χ0) is 12.8. The van der Waals surface area contributed by atoms with E-state index in [2.05, 4.69) is 34.5 Å². The van der Waals surface area contributed by atoms with Gasteiger partial charge >= 0.3 is 0 Å². The highest BCUT2D eigenvalue weighted by molar-refractivity contribution is 7.98. The van der Waals surface area contributed by atoms with Gasteiger partial charge in [0.05, 0.1) is 17.5 Å². The van der Waals surface area contributed by atoms with Gasteiger partial charge in [-0.15, -0.1) is 23.1 Å². The summed E-state index contributed by atoms with van der Waals surface area (Å²) in [5, 5.41) is 7.65. The third-order valence-corrected chi connectivity index (χ3v) is 5.47. The second-order valence-electron chi connectivity index (χ2n) is 4.27. The zero-order valence-electron chi connectivity index (χ0n) is 9.88. The van der Waals surface area contributed by atoms with E-state index < -0.39 is 0 Å². The first-order valence-corrected chi connectivity index (χ1v) is 7.64. The number of nitrogens with zero attached hydrogens (tertiary/aromatic N) is 2. The number of nitrogens with one attached hydrogen (secondary N) is 1. The Hall–Kier alpha value is -1.79. The van der Waals surface area contributed by atoms with Crippen molar-refractivity contribution in [2.75, 3.05) is 5.73 Å². The van der Waals surface area contributed by atoms with Crippen LogP contribution in [0.3, 0.4) is 0 Å². The van der Waals surface area contributed by atoms with Gasteiger partial charge in [-0.1, -0.05) is 18.2 Å².